The minimum atomic E-state index is -0.103. The lowest BCUT2D eigenvalue weighted by Crippen LogP contribution is -2.17. The Kier molecular flexibility index (Phi) is 3.42. The second-order valence-corrected chi connectivity index (χ2v) is 5.52. The predicted molar refractivity (Wildman–Crippen MR) is 90.8 cm³/mol. The van der Waals surface area contributed by atoms with Crippen LogP contribution in [0.2, 0.25) is 0 Å². The van der Waals surface area contributed by atoms with E-state index >= 15 is 0 Å². The van der Waals surface area contributed by atoms with Crippen LogP contribution in [0.5, 0.6) is 0 Å². The van der Waals surface area contributed by atoms with Gasteiger partial charge in [-0.25, -0.2) is 14.6 Å². The first kappa shape index (κ1) is 14.3. The average Bonchev–Trinajstić information content (AvgIpc) is 2.96. The molecule has 4 aromatic rings. The van der Waals surface area contributed by atoms with Gasteiger partial charge in [0.2, 0.25) is 0 Å². The molecule has 0 atom stereocenters. The number of hydrogen-bond acceptors (Lipinski definition) is 4. The van der Waals surface area contributed by atoms with Crippen molar-refractivity contribution in [2.75, 3.05) is 0 Å². The van der Waals surface area contributed by atoms with Gasteiger partial charge in [-0.05, 0) is 19.1 Å². The van der Waals surface area contributed by atoms with E-state index in [1.807, 2.05) is 55.5 Å². The Balaban J connectivity index is 1.78. The van der Waals surface area contributed by atoms with E-state index < -0.39 is 0 Å². The lowest BCUT2D eigenvalue weighted by atomic mass is 10.2. The quantitative estimate of drug-likeness (QED) is 0.581. The van der Waals surface area contributed by atoms with Crippen LogP contribution >= 0.6 is 0 Å². The molecule has 0 amide bonds. The number of aromatic nitrogens is 5. The van der Waals surface area contributed by atoms with E-state index in [2.05, 4.69) is 15.1 Å². The fourth-order valence-electron chi connectivity index (χ4n) is 2.70. The first-order valence-electron chi connectivity index (χ1n) is 7.65. The van der Waals surface area contributed by atoms with Crippen molar-refractivity contribution >= 4 is 5.65 Å². The van der Waals surface area contributed by atoms with Crippen molar-refractivity contribution in [3.05, 3.63) is 82.7 Å². The van der Waals surface area contributed by atoms with E-state index in [0.717, 1.165) is 11.4 Å². The highest BCUT2D eigenvalue weighted by molar-refractivity contribution is 5.55. The van der Waals surface area contributed by atoms with Crippen LogP contribution in [0.15, 0.2) is 65.6 Å². The first-order valence-corrected chi connectivity index (χ1v) is 7.65. The van der Waals surface area contributed by atoms with Crippen molar-refractivity contribution in [2.24, 2.45) is 0 Å². The topological polar surface area (TPSA) is 65.1 Å². The van der Waals surface area contributed by atoms with Gasteiger partial charge in [-0.1, -0.05) is 36.4 Å². The summed E-state index contributed by atoms with van der Waals surface area (Å²) >= 11 is 0. The average molecular weight is 317 g/mol. The van der Waals surface area contributed by atoms with Gasteiger partial charge in [-0.3, -0.25) is 9.20 Å². The molecule has 0 spiro atoms. The van der Waals surface area contributed by atoms with Gasteiger partial charge in [0.25, 0.3) is 5.56 Å². The monoisotopic (exact) mass is 317 g/mol. The van der Waals surface area contributed by atoms with Crippen LogP contribution in [-0.4, -0.2) is 24.1 Å². The zero-order valence-electron chi connectivity index (χ0n) is 13.1. The van der Waals surface area contributed by atoms with Gasteiger partial charge in [-0.15, -0.1) is 0 Å². The van der Waals surface area contributed by atoms with Crippen LogP contribution in [0.3, 0.4) is 0 Å². The first-order chi connectivity index (χ1) is 11.7. The number of fused-ring (bicyclic) bond motifs is 1. The Labute approximate surface area is 138 Å². The molecule has 0 fully saturated rings. The van der Waals surface area contributed by atoms with E-state index in [9.17, 15) is 4.79 Å². The van der Waals surface area contributed by atoms with E-state index in [4.69, 9.17) is 0 Å². The molecule has 0 saturated carbocycles. The molecule has 6 nitrogen and oxygen atoms in total. The summed E-state index contributed by atoms with van der Waals surface area (Å²) in [6, 6.07) is 16.9. The number of nitrogens with zero attached hydrogens (tertiary/aromatic N) is 5. The van der Waals surface area contributed by atoms with Gasteiger partial charge in [0.1, 0.15) is 11.5 Å². The van der Waals surface area contributed by atoms with Gasteiger partial charge in [0.05, 0.1) is 12.2 Å². The van der Waals surface area contributed by atoms with Gasteiger partial charge in [0.15, 0.2) is 5.82 Å². The number of hydrogen-bond donors (Lipinski definition) is 0. The van der Waals surface area contributed by atoms with Crippen molar-refractivity contribution in [3.8, 4) is 11.4 Å². The van der Waals surface area contributed by atoms with Crippen LogP contribution in [-0.2, 0) is 6.54 Å². The van der Waals surface area contributed by atoms with Crippen molar-refractivity contribution in [1.82, 2.24) is 24.1 Å². The molecule has 0 aliphatic carbocycles. The highest BCUT2D eigenvalue weighted by Crippen LogP contribution is 2.17. The molecular formula is C18H15N5O. The molecule has 0 radical (unpaired) electrons. The Morgan fingerprint density at radius 1 is 1.00 bits per heavy atom. The van der Waals surface area contributed by atoms with Crippen LogP contribution in [0, 0.1) is 6.92 Å². The summed E-state index contributed by atoms with van der Waals surface area (Å²) in [5.74, 6) is 1.45. The second kappa shape index (κ2) is 5.73. The SMILES string of the molecule is Cc1nc(-c2ccccc2)n(Cc2cc(=O)n3ccccc3n2)n1. The molecular weight excluding hydrogens is 302 g/mol. The molecule has 24 heavy (non-hydrogen) atoms. The van der Waals surface area contributed by atoms with Crippen molar-refractivity contribution in [1.29, 1.82) is 0 Å². The van der Waals surface area contributed by atoms with E-state index in [-0.39, 0.29) is 5.56 Å². The molecule has 0 unspecified atom stereocenters. The maximum Gasteiger partial charge on any atom is 0.258 e. The Hall–Kier alpha value is -3.28. The number of rotatable bonds is 3. The largest absolute Gasteiger partial charge is 0.269 e. The summed E-state index contributed by atoms with van der Waals surface area (Å²) in [6.07, 6.45) is 1.71. The predicted octanol–water partition coefficient (Wildman–Crippen LogP) is 2.31. The minimum absolute atomic E-state index is 0.103. The van der Waals surface area contributed by atoms with Gasteiger partial charge >= 0.3 is 0 Å². The Morgan fingerprint density at radius 3 is 2.62 bits per heavy atom. The third-order valence-electron chi connectivity index (χ3n) is 3.75. The lowest BCUT2D eigenvalue weighted by Gasteiger charge is -2.07. The van der Waals surface area contributed by atoms with Gasteiger partial charge in [-0.2, -0.15) is 5.10 Å². The highest BCUT2D eigenvalue weighted by Gasteiger charge is 2.11. The molecule has 0 N–H and O–H groups in total. The molecule has 4 rings (SSSR count). The summed E-state index contributed by atoms with van der Waals surface area (Å²) < 4.78 is 3.31. The molecule has 0 saturated heterocycles. The molecule has 3 aromatic heterocycles. The fourth-order valence-corrected chi connectivity index (χ4v) is 2.70. The Morgan fingerprint density at radius 2 is 1.79 bits per heavy atom. The van der Waals surface area contributed by atoms with E-state index in [1.54, 1.807) is 16.9 Å². The summed E-state index contributed by atoms with van der Waals surface area (Å²) in [5, 5.41) is 4.45. The number of pyridine rings is 1. The third-order valence-corrected chi connectivity index (χ3v) is 3.75. The molecule has 1 aromatic carbocycles. The zero-order valence-corrected chi connectivity index (χ0v) is 13.1. The van der Waals surface area contributed by atoms with E-state index in [0.29, 0.717) is 23.7 Å². The molecule has 6 heteroatoms. The molecule has 0 aliphatic rings. The summed E-state index contributed by atoms with van der Waals surface area (Å²) in [7, 11) is 0. The number of benzene rings is 1. The van der Waals surface area contributed by atoms with Gasteiger partial charge < -0.3 is 0 Å². The summed E-state index contributed by atoms with van der Waals surface area (Å²) in [4.78, 5) is 21.3. The molecule has 118 valence electrons. The minimum Gasteiger partial charge on any atom is -0.269 e. The van der Waals surface area contributed by atoms with Crippen molar-refractivity contribution in [3.63, 3.8) is 0 Å². The van der Waals surface area contributed by atoms with Crippen LogP contribution in [0.4, 0.5) is 0 Å². The standard InChI is InChI=1S/C18H15N5O/c1-13-19-18(14-7-3-2-4-8-14)23(21-13)12-15-11-17(24)22-10-6-5-9-16(22)20-15/h2-11H,12H2,1H3. The third kappa shape index (κ3) is 2.58. The molecule has 0 bridgehead atoms. The summed E-state index contributed by atoms with van der Waals surface area (Å²) in [5.41, 5.74) is 2.16. The Bertz CT molecular complexity index is 1070. The van der Waals surface area contributed by atoms with E-state index in [1.165, 1.54) is 4.40 Å². The van der Waals surface area contributed by atoms with Crippen LogP contribution < -0.4 is 5.56 Å². The molecule has 0 aliphatic heterocycles. The van der Waals surface area contributed by atoms with Gasteiger partial charge in [0, 0.05) is 17.8 Å². The van der Waals surface area contributed by atoms with Crippen LogP contribution in [0.25, 0.3) is 17.0 Å². The summed E-state index contributed by atoms with van der Waals surface area (Å²) in [6.45, 7) is 2.25. The second-order valence-electron chi connectivity index (χ2n) is 5.52. The maximum absolute atomic E-state index is 12.2. The maximum atomic E-state index is 12.2. The molecule has 3 heterocycles. The fraction of sp³-hybridized carbons (Fsp3) is 0.111. The lowest BCUT2D eigenvalue weighted by molar-refractivity contribution is 0.671. The number of aryl methyl sites for hydroxylation is 1. The van der Waals surface area contributed by atoms with Crippen LogP contribution in [0.1, 0.15) is 11.5 Å². The highest BCUT2D eigenvalue weighted by atomic mass is 16.1. The zero-order chi connectivity index (χ0) is 16.5. The van der Waals surface area contributed by atoms with Crippen molar-refractivity contribution in [2.45, 2.75) is 13.5 Å². The smallest absolute Gasteiger partial charge is 0.258 e. The van der Waals surface area contributed by atoms with Crippen molar-refractivity contribution < 1.29 is 0 Å². The normalized spacial score (nSPS) is 11.0.